The molecule has 0 spiro atoms. The summed E-state index contributed by atoms with van der Waals surface area (Å²) in [5, 5.41) is 0.811. The fourth-order valence-corrected chi connectivity index (χ4v) is 3.34. The molecule has 0 radical (unpaired) electrons. The Balaban J connectivity index is 3.31. The highest BCUT2D eigenvalue weighted by molar-refractivity contribution is 9.09. The van der Waals surface area contributed by atoms with Crippen LogP contribution in [0.2, 0.25) is 0 Å². The molecule has 0 saturated carbocycles. The second-order valence-corrected chi connectivity index (χ2v) is 7.39. The first-order chi connectivity index (χ1) is 8.44. The van der Waals surface area contributed by atoms with Crippen molar-refractivity contribution in [3.8, 4) is 0 Å². The summed E-state index contributed by atoms with van der Waals surface area (Å²) in [5.74, 6) is 0.129. The third kappa shape index (κ3) is 3.48. The maximum absolute atomic E-state index is 12.1. The number of benzene rings is 1. The topological polar surface area (TPSA) is 37.4 Å². The Kier molecular flexibility index (Phi) is 5.66. The summed E-state index contributed by atoms with van der Waals surface area (Å²) in [5.41, 5.74) is 0.800. The molecule has 0 saturated heterocycles. The molecule has 0 atom stereocenters. The van der Waals surface area contributed by atoms with Crippen LogP contribution in [0.4, 0.5) is 5.69 Å². The molecule has 0 bridgehead atoms. The van der Waals surface area contributed by atoms with E-state index in [0.717, 1.165) is 17.6 Å². The zero-order valence-corrected chi connectivity index (χ0v) is 13.5. The van der Waals surface area contributed by atoms with Crippen molar-refractivity contribution in [1.82, 2.24) is 0 Å². The molecule has 0 fully saturated rings. The molecule has 3 nitrogen and oxygen atoms in total. The molecule has 0 aliphatic heterocycles. The number of nitrogens with zero attached hydrogens (tertiary/aromatic N) is 1. The lowest BCUT2D eigenvalue weighted by Crippen LogP contribution is -2.33. The first kappa shape index (κ1) is 15.5. The van der Waals surface area contributed by atoms with Crippen LogP contribution in [0.3, 0.4) is 0 Å². The van der Waals surface area contributed by atoms with Gasteiger partial charge in [0.1, 0.15) is 0 Å². The molecule has 1 aromatic rings. The highest BCUT2D eigenvalue weighted by Crippen LogP contribution is 2.27. The van der Waals surface area contributed by atoms with E-state index in [2.05, 4.69) is 34.7 Å². The van der Waals surface area contributed by atoms with E-state index in [1.165, 1.54) is 0 Å². The van der Waals surface area contributed by atoms with Gasteiger partial charge in [0.2, 0.25) is 0 Å². The normalized spacial score (nSPS) is 11.8. The van der Waals surface area contributed by atoms with Crippen LogP contribution in [0.1, 0.15) is 20.8 Å². The van der Waals surface area contributed by atoms with Crippen LogP contribution in [-0.4, -0.2) is 32.1 Å². The van der Waals surface area contributed by atoms with E-state index in [-0.39, 0.29) is 11.8 Å². The molecule has 0 aliphatic carbocycles. The van der Waals surface area contributed by atoms with Crippen LogP contribution in [0.25, 0.3) is 0 Å². The lowest BCUT2D eigenvalue weighted by molar-refractivity contribution is 0.596. The third-order valence-electron chi connectivity index (χ3n) is 2.84. The summed E-state index contributed by atoms with van der Waals surface area (Å²) >= 11 is 3.42. The highest BCUT2D eigenvalue weighted by atomic mass is 79.9. The fraction of sp³-hybridized carbons (Fsp3) is 0.538. The quantitative estimate of drug-likeness (QED) is 0.750. The minimum atomic E-state index is -3.18. The van der Waals surface area contributed by atoms with Crippen LogP contribution in [0, 0.1) is 0 Å². The fourth-order valence-electron chi connectivity index (χ4n) is 1.86. The van der Waals surface area contributed by atoms with Gasteiger partial charge in [-0.3, -0.25) is 0 Å². The number of alkyl halides is 1. The van der Waals surface area contributed by atoms with E-state index in [1.807, 2.05) is 12.1 Å². The van der Waals surface area contributed by atoms with Crippen LogP contribution in [-0.2, 0) is 9.84 Å². The van der Waals surface area contributed by atoms with E-state index in [0.29, 0.717) is 4.90 Å². The highest BCUT2D eigenvalue weighted by Gasteiger charge is 2.21. The molecule has 0 unspecified atom stereocenters. The van der Waals surface area contributed by atoms with Crippen LogP contribution in [0.15, 0.2) is 29.2 Å². The minimum Gasteiger partial charge on any atom is -0.367 e. The van der Waals surface area contributed by atoms with Crippen molar-refractivity contribution in [2.45, 2.75) is 31.7 Å². The number of para-hydroxylation sites is 1. The van der Waals surface area contributed by atoms with Gasteiger partial charge in [0.15, 0.2) is 9.84 Å². The molecule has 18 heavy (non-hydrogen) atoms. The summed E-state index contributed by atoms with van der Waals surface area (Å²) in [6.45, 7) is 6.60. The maximum Gasteiger partial charge on any atom is 0.180 e. The number of sulfone groups is 1. The zero-order chi connectivity index (χ0) is 13.8. The minimum absolute atomic E-state index is 0.129. The molecular weight excluding hydrogens is 314 g/mol. The van der Waals surface area contributed by atoms with Crippen LogP contribution < -0.4 is 4.90 Å². The van der Waals surface area contributed by atoms with Gasteiger partial charge >= 0.3 is 0 Å². The van der Waals surface area contributed by atoms with Gasteiger partial charge in [0.05, 0.1) is 16.3 Å². The lowest BCUT2D eigenvalue weighted by Gasteiger charge is -2.30. The molecule has 0 N–H and O–H groups in total. The van der Waals surface area contributed by atoms with Gasteiger partial charge in [-0.25, -0.2) is 8.42 Å². The monoisotopic (exact) mass is 333 g/mol. The molecule has 0 amide bonds. The van der Waals surface area contributed by atoms with E-state index < -0.39 is 9.84 Å². The van der Waals surface area contributed by atoms with E-state index in [4.69, 9.17) is 0 Å². The third-order valence-corrected chi connectivity index (χ3v) is 4.97. The first-order valence-corrected chi connectivity index (χ1v) is 8.85. The zero-order valence-electron chi connectivity index (χ0n) is 11.1. The number of rotatable bonds is 6. The van der Waals surface area contributed by atoms with Crippen LogP contribution >= 0.6 is 15.9 Å². The van der Waals surface area contributed by atoms with Gasteiger partial charge in [-0.15, -0.1) is 0 Å². The molecule has 1 aromatic carbocycles. The number of anilines is 1. The Labute approximate surface area is 118 Å². The number of halogens is 1. The largest absolute Gasteiger partial charge is 0.367 e. The van der Waals surface area contributed by atoms with Crippen LogP contribution in [0.5, 0.6) is 0 Å². The Morgan fingerprint density at radius 3 is 2.39 bits per heavy atom. The summed E-state index contributed by atoms with van der Waals surface area (Å²) in [6.07, 6.45) is 0. The standard InChI is InChI=1S/C13H20BrNO2S/c1-4-18(16,17)13-8-6-5-7-12(13)15(10-9-14)11(2)3/h5-8,11H,4,9-10H2,1-3H3. The maximum atomic E-state index is 12.1. The Morgan fingerprint density at radius 2 is 1.89 bits per heavy atom. The average molecular weight is 334 g/mol. The average Bonchev–Trinajstić information content (AvgIpc) is 2.35. The molecule has 1 rings (SSSR count). The van der Waals surface area contributed by atoms with Crippen molar-refractivity contribution in [3.63, 3.8) is 0 Å². The molecule has 0 aliphatic rings. The van der Waals surface area contributed by atoms with Gasteiger partial charge in [0.25, 0.3) is 0 Å². The Bertz CT molecular complexity index is 486. The molecule has 0 heterocycles. The lowest BCUT2D eigenvalue weighted by atomic mass is 10.2. The van der Waals surface area contributed by atoms with Crippen molar-refractivity contribution in [3.05, 3.63) is 24.3 Å². The predicted octanol–water partition coefficient (Wildman–Crippen LogP) is 3.09. The van der Waals surface area contributed by atoms with E-state index in [1.54, 1.807) is 19.1 Å². The van der Waals surface area contributed by atoms with E-state index >= 15 is 0 Å². The second-order valence-electron chi connectivity index (χ2n) is 4.35. The number of hydrogen-bond acceptors (Lipinski definition) is 3. The van der Waals surface area contributed by atoms with Gasteiger partial charge in [-0.05, 0) is 26.0 Å². The summed E-state index contributed by atoms with van der Waals surface area (Å²) in [7, 11) is -3.18. The van der Waals surface area contributed by atoms with Gasteiger partial charge < -0.3 is 4.90 Å². The SMILES string of the molecule is CCS(=O)(=O)c1ccccc1N(CCBr)C(C)C. The number of hydrogen-bond donors (Lipinski definition) is 0. The van der Waals surface area contributed by atoms with Crippen molar-refractivity contribution < 1.29 is 8.42 Å². The van der Waals surface area contributed by atoms with Crippen molar-refractivity contribution in [2.75, 3.05) is 22.5 Å². The molecule has 5 heteroatoms. The second kappa shape index (κ2) is 6.57. The van der Waals surface area contributed by atoms with Crippen molar-refractivity contribution >= 4 is 31.5 Å². The molecule has 102 valence electrons. The molecular formula is C13H20BrNO2S. The van der Waals surface area contributed by atoms with Gasteiger partial charge in [0, 0.05) is 17.9 Å². The summed E-state index contributed by atoms with van der Waals surface area (Å²) in [6, 6.07) is 7.49. The molecule has 0 aromatic heterocycles. The summed E-state index contributed by atoms with van der Waals surface area (Å²) in [4.78, 5) is 2.54. The van der Waals surface area contributed by atoms with Crippen molar-refractivity contribution in [2.24, 2.45) is 0 Å². The smallest absolute Gasteiger partial charge is 0.180 e. The van der Waals surface area contributed by atoms with Gasteiger partial charge in [-0.1, -0.05) is 35.0 Å². The first-order valence-electron chi connectivity index (χ1n) is 6.08. The van der Waals surface area contributed by atoms with Gasteiger partial charge in [-0.2, -0.15) is 0 Å². The van der Waals surface area contributed by atoms with Crippen molar-refractivity contribution in [1.29, 1.82) is 0 Å². The Morgan fingerprint density at radius 1 is 1.28 bits per heavy atom. The predicted molar refractivity (Wildman–Crippen MR) is 80.4 cm³/mol. The summed E-state index contributed by atoms with van der Waals surface area (Å²) < 4.78 is 24.2. The Hall–Kier alpha value is -0.550. The van der Waals surface area contributed by atoms with E-state index in [9.17, 15) is 8.42 Å².